The standard InChI is InChI=1S/C30H46O4/c1-18(2)19-9-14-30(25(33)34)16-15-28(5)20(24(19)30)7-8-22-26(3)12-11-23(32)27(4,17-31)21(26)10-13-29(22,28)6/h19-22,24,31H,1,7-17H2,2-6H3,(H,33,34)/p+1/t19-,20?,21+,22+,24+,26-,27-,28+,29+,30-/m0/s1. The number of carboxylic acids is 1. The molecule has 0 aliphatic heterocycles. The monoisotopic (exact) mass is 471 g/mol. The number of rotatable bonds is 3. The summed E-state index contributed by atoms with van der Waals surface area (Å²) in [4.78, 5) is 23.6. The zero-order valence-corrected chi connectivity index (χ0v) is 22.1. The first kappa shape index (κ1) is 24.5. The van der Waals surface area contributed by atoms with Gasteiger partial charge in [0.25, 0.3) is 0 Å². The molecule has 4 nitrogen and oxygen atoms in total. The van der Waals surface area contributed by atoms with E-state index in [1.165, 1.54) is 5.57 Å². The van der Waals surface area contributed by atoms with E-state index in [4.69, 9.17) is 0 Å². The van der Waals surface area contributed by atoms with Gasteiger partial charge in [-0.25, -0.2) is 0 Å². The number of hydrogen-bond donors (Lipinski definition) is 2. The first-order valence-electron chi connectivity index (χ1n) is 13.9. The molecule has 5 saturated carbocycles. The number of carbonyl (C=O) groups is 1. The first-order chi connectivity index (χ1) is 15.8. The molecular formula is C30H47O4+. The van der Waals surface area contributed by atoms with Crippen LogP contribution in [-0.2, 0) is 4.79 Å². The number of aliphatic carboxylic acids is 1. The molecule has 0 aromatic carbocycles. The Hall–Kier alpha value is -1.16. The summed E-state index contributed by atoms with van der Waals surface area (Å²) in [6.45, 7) is 16.0. The summed E-state index contributed by atoms with van der Waals surface area (Å²) in [6.07, 6.45) is 9.65. The molecule has 0 radical (unpaired) electrons. The van der Waals surface area contributed by atoms with Gasteiger partial charge in [-0.15, -0.1) is 0 Å². The Labute approximate surface area is 206 Å². The summed E-state index contributed by atoms with van der Waals surface area (Å²) in [7, 11) is 0. The van der Waals surface area contributed by atoms with E-state index in [1.807, 2.05) is 6.92 Å². The zero-order valence-electron chi connectivity index (χ0n) is 22.1. The Kier molecular flexibility index (Phi) is 5.36. The number of hydrogen-bond acceptors (Lipinski definition) is 2. The molecule has 5 fully saturated rings. The number of aliphatic hydroxyl groups is 1. The summed E-state index contributed by atoms with van der Waals surface area (Å²) >= 11 is 0. The molecule has 0 amide bonds. The molecule has 5 aliphatic carbocycles. The van der Waals surface area contributed by atoms with Gasteiger partial charge in [-0.1, -0.05) is 39.8 Å². The van der Waals surface area contributed by atoms with Crippen molar-refractivity contribution in [1.29, 1.82) is 0 Å². The molecule has 4 heteroatoms. The number of ketones is 1. The van der Waals surface area contributed by atoms with E-state index in [9.17, 15) is 19.8 Å². The fourth-order valence-electron chi connectivity index (χ4n) is 11.4. The molecular weight excluding hydrogens is 424 g/mol. The SMILES string of the molecule is C=C(C)[C@@H]1CC[C@]2(C(O)=[OH+])CC[C@]3(C)C(CC[C@@H]4[C@@]5(C)CCC(=O)[C@@](C)(CO)[C@@H]5CC[C@]43C)[C@@H]12. The van der Waals surface area contributed by atoms with Crippen molar-refractivity contribution in [2.24, 2.45) is 56.7 Å². The minimum absolute atomic E-state index is 0.0358. The molecule has 0 spiro atoms. The van der Waals surface area contributed by atoms with E-state index in [0.29, 0.717) is 24.2 Å². The topological polar surface area (TPSA) is 78.9 Å². The Morgan fingerprint density at radius 3 is 2.29 bits per heavy atom. The molecule has 5 rings (SSSR count). The fraction of sp³-hybridized carbons (Fsp3) is 0.867. The Morgan fingerprint density at radius 2 is 1.68 bits per heavy atom. The maximum Gasteiger partial charge on any atom is 0.487 e. The van der Waals surface area contributed by atoms with Gasteiger partial charge in [-0.2, -0.15) is 0 Å². The zero-order chi connectivity index (χ0) is 24.9. The highest BCUT2D eigenvalue weighted by Crippen LogP contribution is 2.77. The molecule has 0 aromatic rings. The second-order valence-corrected chi connectivity index (χ2v) is 14.2. The minimum atomic E-state index is -0.609. The number of fused-ring (bicyclic) bond motifs is 7. The van der Waals surface area contributed by atoms with Gasteiger partial charge >= 0.3 is 5.97 Å². The molecule has 0 aromatic heterocycles. The van der Waals surface area contributed by atoms with Crippen LogP contribution in [0.15, 0.2) is 12.2 Å². The second kappa shape index (κ2) is 7.43. The summed E-state index contributed by atoms with van der Waals surface area (Å²) in [5.41, 5.74) is 0.465. The van der Waals surface area contributed by atoms with Crippen LogP contribution < -0.4 is 0 Å². The Bertz CT molecular complexity index is 925. The van der Waals surface area contributed by atoms with Crippen molar-refractivity contribution in [3.05, 3.63) is 12.2 Å². The largest absolute Gasteiger partial charge is 0.487 e. The first-order valence-corrected chi connectivity index (χ1v) is 13.9. The van der Waals surface area contributed by atoms with E-state index in [0.717, 1.165) is 57.8 Å². The highest BCUT2D eigenvalue weighted by Gasteiger charge is 2.73. The van der Waals surface area contributed by atoms with Crippen molar-refractivity contribution in [2.45, 2.75) is 98.8 Å². The average Bonchev–Trinajstić information content (AvgIpc) is 3.18. The molecule has 3 N–H and O–H groups in total. The Morgan fingerprint density at radius 1 is 0.971 bits per heavy atom. The molecule has 190 valence electrons. The third-order valence-corrected chi connectivity index (χ3v) is 13.4. The van der Waals surface area contributed by atoms with Crippen LogP contribution in [0.25, 0.3) is 0 Å². The highest BCUT2D eigenvalue weighted by molar-refractivity contribution is 5.86. The lowest BCUT2D eigenvalue weighted by atomic mass is 9.32. The average molecular weight is 472 g/mol. The molecule has 10 atom stereocenters. The summed E-state index contributed by atoms with van der Waals surface area (Å²) in [5.74, 6) is 1.78. The smallest absolute Gasteiger partial charge is 0.395 e. The van der Waals surface area contributed by atoms with Crippen LogP contribution in [-0.4, -0.2) is 33.4 Å². The number of carboxylic acid groups (broad SMARTS) is 1. The van der Waals surface area contributed by atoms with E-state index in [2.05, 4.69) is 34.3 Å². The summed E-state index contributed by atoms with van der Waals surface area (Å²) in [6, 6.07) is 0. The van der Waals surface area contributed by atoms with Gasteiger partial charge in [0, 0.05) is 6.42 Å². The number of carbonyl (C=O) groups excluding carboxylic acids is 1. The predicted octanol–water partition coefficient (Wildman–Crippen LogP) is 6.25. The van der Waals surface area contributed by atoms with Crippen molar-refractivity contribution in [2.75, 3.05) is 6.61 Å². The fourth-order valence-corrected chi connectivity index (χ4v) is 11.4. The summed E-state index contributed by atoms with van der Waals surface area (Å²) in [5, 5.41) is 21.0. The van der Waals surface area contributed by atoms with Gasteiger partial charge in [0.05, 0.1) is 12.0 Å². The lowest BCUT2D eigenvalue weighted by Crippen LogP contribution is -2.67. The van der Waals surface area contributed by atoms with Crippen LogP contribution in [0.3, 0.4) is 0 Å². The molecule has 34 heavy (non-hydrogen) atoms. The molecule has 5 aliphatic rings. The van der Waals surface area contributed by atoms with Crippen LogP contribution >= 0.6 is 0 Å². The van der Waals surface area contributed by atoms with Crippen LogP contribution in [0.2, 0.25) is 0 Å². The van der Waals surface area contributed by atoms with Crippen molar-refractivity contribution in [3.8, 4) is 0 Å². The Balaban J connectivity index is 1.57. The van der Waals surface area contributed by atoms with Crippen LogP contribution in [0.1, 0.15) is 98.8 Å². The lowest BCUT2D eigenvalue weighted by Gasteiger charge is -2.72. The quantitative estimate of drug-likeness (QED) is 0.377. The van der Waals surface area contributed by atoms with Crippen molar-refractivity contribution in [1.82, 2.24) is 0 Å². The van der Waals surface area contributed by atoms with Crippen molar-refractivity contribution < 1.29 is 19.8 Å². The lowest BCUT2D eigenvalue weighted by molar-refractivity contribution is -0.233. The molecule has 0 bridgehead atoms. The van der Waals surface area contributed by atoms with Crippen LogP contribution in [0.5, 0.6) is 0 Å². The molecule has 0 heterocycles. The van der Waals surface area contributed by atoms with Gasteiger partial charge in [0.1, 0.15) is 11.2 Å². The minimum Gasteiger partial charge on any atom is -0.395 e. The van der Waals surface area contributed by atoms with Gasteiger partial charge < -0.3 is 15.0 Å². The summed E-state index contributed by atoms with van der Waals surface area (Å²) < 4.78 is 0. The maximum atomic E-state index is 13.0. The predicted molar refractivity (Wildman–Crippen MR) is 135 cm³/mol. The van der Waals surface area contributed by atoms with Gasteiger partial charge in [-0.05, 0) is 111 Å². The van der Waals surface area contributed by atoms with E-state index < -0.39 is 10.8 Å². The molecule has 0 saturated heterocycles. The van der Waals surface area contributed by atoms with Crippen molar-refractivity contribution >= 4 is 11.8 Å². The number of Topliss-reactive ketones (excluding diaryl/α,β-unsaturated/α-hetero) is 1. The third-order valence-electron chi connectivity index (χ3n) is 13.4. The van der Waals surface area contributed by atoms with Crippen LogP contribution in [0, 0.1) is 56.7 Å². The van der Waals surface area contributed by atoms with E-state index in [-0.39, 0.29) is 46.4 Å². The van der Waals surface area contributed by atoms with E-state index in [1.54, 1.807) is 0 Å². The van der Waals surface area contributed by atoms with E-state index >= 15 is 0 Å². The number of aliphatic hydroxyl groups excluding tert-OH is 2. The maximum absolute atomic E-state index is 13.0. The van der Waals surface area contributed by atoms with Gasteiger partial charge in [0.2, 0.25) is 0 Å². The van der Waals surface area contributed by atoms with Crippen molar-refractivity contribution in [3.63, 3.8) is 0 Å². The molecule has 1 unspecified atom stereocenters. The third kappa shape index (κ3) is 2.70. The van der Waals surface area contributed by atoms with Gasteiger partial charge in [-0.3, -0.25) is 4.79 Å². The van der Waals surface area contributed by atoms with Gasteiger partial charge in [0.15, 0.2) is 0 Å². The normalized spacial score (nSPS) is 54.4. The second-order valence-electron chi connectivity index (χ2n) is 14.2. The van der Waals surface area contributed by atoms with Crippen LogP contribution in [0.4, 0.5) is 0 Å². The number of allylic oxidation sites excluding steroid dienone is 1. The highest BCUT2D eigenvalue weighted by atomic mass is 16.4.